The Bertz CT molecular complexity index is 894. The summed E-state index contributed by atoms with van der Waals surface area (Å²) in [5.41, 5.74) is 1.75. The molecule has 0 radical (unpaired) electrons. The minimum atomic E-state index is -0.603. The van der Waals surface area contributed by atoms with Gasteiger partial charge in [-0.3, -0.25) is 4.79 Å². The number of carbonyl (C=O) groups excluding carboxylic acids is 2. The van der Waals surface area contributed by atoms with Gasteiger partial charge in [0.15, 0.2) is 12.4 Å². The quantitative estimate of drug-likeness (QED) is 0.513. The zero-order valence-electron chi connectivity index (χ0n) is 16.8. The third-order valence-corrected chi connectivity index (χ3v) is 4.54. The Labute approximate surface area is 170 Å². The fourth-order valence-electron chi connectivity index (χ4n) is 2.36. The summed E-state index contributed by atoms with van der Waals surface area (Å²) in [4.78, 5) is 23.7. The van der Waals surface area contributed by atoms with Gasteiger partial charge in [-0.2, -0.15) is 5.10 Å². The summed E-state index contributed by atoms with van der Waals surface area (Å²) in [5, 5.41) is 4.84. The van der Waals surface area contributed by atoms with Crippen molar-refractivity contribution in [3.05, 3.63) is 52.3 Å². The molecule has 0 saturated carbocycles. The summed E-state index contributed by atoms with van der Waals surface area (Å²) in [6.07, 6.45) is 2.80. The molecule has 0 aliphatic carbocycles. The van der Waals surface area contributed by atoms with Crippen LogP contribution in [0.3, 0.4) is 0 Å². The molecular weight excluding hydrogens is 380 g/mol. The first-order valence-electron chi connectivity index (χ1n) is 8.86. The molecule has 0 amide bonds. The largest absolute Gasteiger partial charge is 0.497 e. The van der Waals surface area contributed by atoms with E-state index < -0.39 is 11.4 Å². The van der Waals surface area contributed by atoms with E-state index in [0.717, 1.165) is 11.3 Å². The maximum atomic E-state index is 11.9. The van der Waals surface area contributed by atoms with Crippen molar-refractivity contribution in [2.24, 2.45) is 5.41 Å². The number of aromatic nitrogens is 2. The summed E-state index contributed by atoms with van der Waals surface area (Å²) in [6.45, 7) is 7.35. The van der Waals surface area contributed by atoms with Crippen LogP contribution in [-0.4, -0.2) is 35.2 Å². The lowest BCUT2D eigenvalue weighted by atomic mass is 9.91. The highest BCUT2D eigenvalue weighted by atomic mass is 35.5. The smallest absolute Gasteiger partial charge is 0.331 e. The molecule has 6 nitrogen and oxygen atoms in total. The topological polar surface area (TPSA) is 70.4 Å². The second-order valence-corrected chi connectivity index (χ2v) is 7.77. The van der Waals surface area contributed by atoms with Crippen LogP contribution in [-0.2, 0) is 20.9 Å². The summed E-state index contributed by atoms with van der Waals surface area (Å²) in [7, 11) is 1.61. The second kappa shape index (κ2) is 9.06. The van der Waals surface area contributed by atoms with E-state index in [0.29, 0.717) is 23.0 Å². The monoisotopic (exact) mass is 404 g/mol. The molecule has 0 unspecified atom stereocenters. The van der Waals surface area contributed by atoms with Crippen molar-refractivity contribution < 1.29 is 19.1 Å². The van der Waals surface area contributed by atoms with Gasteiger partial charge in [-0.05, 0) is 30.7 Å². The van der Waals surface area contributed by atoms with Crippen molar-refractivity contribution in [2.45, 2.75) is 34.2 Å². The number of aryl methyl sites for hydroxylation is 1. The van der Waals surface area contributed by atoms with Gasteiger partial charge in [0.2, 0.25) is 0 Å². The summed E-state index contributed by atoms with van der Waals surface area (Å²) in [6, 6.07) is 7.62. The van der Waals surface area contributed by atoms with Crippen LogP contribution in [0.5, 0.6) is 5.75 Å². The fraction of sp³-hybridized carbons (Fsp3) is 0.381. The molecular formula is C21H25ClN2O4. The molecule has 0 bridgehead atoms. The van der Waals surface area contributed by atoms with Gasteiger partial charge in [-0.1, -0.05) is 44.5 Å². The molecule has 2 rings (SSSR count). The van der Waals surface area contributed by atoms with Crippen LogP contribution in [0.25, 0.3) is 6.08 Å². The Balaban J connectivity index is 2.07. The van der Waals surface area contributed by atoms with Crippen molar-refractivity contribution >= 4 is 29.4 Å². The lowest BCUT2D eigenvalue weighted by Gasteiger charge is -2.15. The van der Waals surface area contributed by atoms with E-state index in [9.17, 15) is 9.59 Å². The van der Waals surface area contributed by atoms with Crippen LogP contribution in [0.15, 0.2) is 30.3 Å². The van der Waals surface area contributed by atoms with Gasteiger partial charge in [0.25, 0.3) is 0 Å². The number of hydrogen-bond donors (Lipinski definition) is 0. The number of benzene rings is 1. The summed E-state index contributed by atoms with van der Waals surface area (Å²) in [5.74, 6) is 0.00773. The van der Waals surface area contributed by atoms with E-state index in [4.69, 9.17) is 21.1 Å². The van der Waals surface area contributed by atoms with Gasteiger partial charge in [-0.15, -0.1) is 0 Å². The maximum absolute atomic E-state index is 11.9. The van der Waals surface area contributed by atoms with Gasteiger partial charge >= 0.3 is 5.97 Å². The van der Waals surface area contributed by atoms with Gasteiger partial charge in [0, 0.05) is 17.1 Å². The Kier molecular flexibility index (Phi) is 7.02. The van der Waals surface area contributed by atoms with E-state index in [1.54, 1.807) is 38.6 Å². The number of nitrogens with zero attached hydrogens (tertiary/aromatic N) is 2. The molecule has 0 atom stereocenters. The first-order chi connectivity index (χ1) is 13.1. The minimum absolute atomic E-state index is 0.144. The zero-order valence-corrected chi connectivity index (χ0v) is 17.5. The average Bonchev–Trinajstić information content (AvgIpc) is 2.90. The molecule has 1 aromatic carbocycles. The Hall–Kier alpha value is -2.60. The number of carbonyl (C=O) groups is 2. The predicted molar refractivity (Wildman–Crippen MR) is 109 cm³/mol. The maximum Gasteiger partial charge on any atom is 0.331 e. The lowest BCUT2D eigenvalue weighted by molar-refractivity contribution is -0.145. The van der Waals surface area contributed by atoms with Gasteiger partial charge in [0.1, 0.15) is 10.9 Å². The predicted octanol–water partition coefficient (Wildman–Crippen LogP) is 4.07. The van der Waals surface area contributed by atoms with Crippen molar-refractivity contribution in [3.63, 3.8) is 0 Å². The minimum Gasteiger partial charge on any atom is -0.497 e. The van der Waals surface area contributed by atoms with Crippen molar-refractivity contribution in [2.75, 3.05) is 13.7 Å². The number of ether oxygens (including phenoxy) is 2. The fourth-order valence-corrected chi connectivity index (χ4v) is 2.65. The number of esters is 1. The van der Waals surface area contributed by atoms with Crippen molar-refractivity contribution in [1.82, 2.24) is 9.78 Å². The molecule has 0 aliphatic heterocycles. The molecule has 7 heteroatoms. The molecule has 2 aromatic rings. The summed E-state index contributed by atoms with van der Waals surface area (Å²) >= 11 is 6.44. The lowest BCUT2D eigenvalue weighted by Crippen LogP contribution is -2.25. The van der Waals surface area contributed by atoms with Gasteiger partial charge in [-0.25, -0.2) is 9.48 Å². The third kappa shape index (κ3) is 5.70. The van der Waals surface area contributed by atoms with E-state index >= 15 is 0 Å². The first kappa shape index (κ1) is 21.7. The first-order valence-corrected chi connectivity index (χ1v) is 9.23. The average molecular weight is 405 g/mol. The van der Waals surface area contributed by atoms with Gasteiger partial charge < -0.3 is 9.47 Å². The van der Waals surface area contributed by atoms with Crippen LogP contribution in [0, 0.1) is 12.3 Å². The Morgan fingerprint density at radius 1 is 1.29 bits per heavy atom. The second-order valence-electron chi connectivity index (χ2n) is 7.41. The number of methoxy groups -OCH3 is 1. The molecule has 0 aliphatic rings. The standard InChI is InChI=1S/C21H25ClN2O4/c1-14-17(9-10-19(26)28-13-18(25)21(2,3)4)20(22)24(23-14)12-15-7-6-8-16(11-15)27-5/h6-11H,12-13H2,1-5H3/b10-9+. The highest BCUT2D eigenvalue weighted by Gasteiger charge is 2.22. The molecule has 1 aromatic heterocycles. The van der Waals surface area contributed by atoms with Crippen LogP contribution in [0.4, 0.5) is 0 Å². The molecule has 150 valence electrons. The van der Waals surface area contributed by atoms with Crippen LogP contribution < -0.4 is 4.74 Å². The molecule has 0 fully saturated rings. The number of halogens is 1. The number of Topliss-reactive ketones (excluding diaryl/α,β-unsaturated/α-hetero) is 1. The van der Waals surface area contributed by atoms with Crippen LogP contribution in [0.1, 0.15) is 37.6 Å². The molecule has 28 heavy (non-hydrogen) atoms. The number of ketones is 1. The Morgan fingerprint density at radius 3 is 2.64 bits per heavy atom. The molecule has 1 heterocycles. The van der Waals surface area contributed by atoms with Crippen molar-refractivity contribution in [3.8, 4) is 5.75 Å². The normalized spacial score (nSPS) is 11.6. The molecule has 0 spiro atoms. The van der Waals surface area contributed by atoms with Crippen LogP contribution >= 0.6 is 11.6 Å². The Morgan fingerprint density at radius 2 is 2.00 bits per heavy atom. The number of rotatable bonds is 7. The van der Waals surface area contributed by atoms with E-state index in [-0.39, 0.29) is 12.4 Å². The number of hydrogen-bond acceptors (Lipinski definition) is 5. The van der Waals surface area contributed by atoms with Crippen LogP contribution in [0.2, 0.25) is 5.15 Å². The summed E-state index contributed by atoms with van der Waals surface area (Å²) < 4.78 is 11.9. The van der Waals surface area contributed by atoms with Gasteiger partial charge in [0.05, 0.1) is 19.3 Å². The highest BCUT2D eigenvalue weighted by molar-refractivity contribution is 6.31. The molecule has 0 saturated heterocycles. The van der Waals surface area contributed by atoms with E-state index in [1.807, 2.05) is 31.2 Å². The van der Waals surface area contributed by atoms with E-state index in [2.05, 4.69) is 5.10 Å². The van der Waals surface area contributed by atoms with Crippen molar-refractivity contribution in [1.29, 1.82) is 0 Å². The zero-order chi connectivity index (χ0) is 20.9. The third-order valence-electron chi connectivity index (χ3n) is 4.14. The highest BCUT2D eigenvalue weighted by Crippen LogP contribution is 2.23. The SMILES string of the molecule is COc1cccc(Cn2nc(C)c(/C=C/C(=O)OCC(=O)C(C)(C)C)c2Cl)c1. The molecule has 0 N–H and O–H groups in total. The van der Waals surface area contributed by atoms with E-state index in [1.165, 1.54) is 6.08 Å².